The van der Waals surface area contributed by atoms with E-state index in [4.69, 9.17) is 9.47 Å². The van der Waals surface area contributed by atoms with Gasteiger partial charge >= 0.3 is 0 Å². The first-order valence-electron chi connectivity index (χ1n) is 5.72. The van der Waals surface area contributed by atoms with Gasteiger partial charge in [0.25, 0.3) is 0 Å². The van der Waals surface area contributed by atoms with Crippen LogP contribution in [0.25, 0.3) is 6.08 Å². The zero-order valence-electron chi connectivity index (χ0n) is 10.2. The van der Waals surface area contributed by atoms with Gasteiger partial charge in [-0.3, -0.25) is 0 Å². The van der Waals surface area contributed by atoms with E-state index >= 15 is 0 Å². The maximum Gasteiger partial charge on any atom is 0.161 e. The Labute approximate surface area is 96.9 Å². The Bertz CT molecular complexity index is 419. The first-order valence-corrected chi connectivity index (χ1v) is 5.72. The molecule has 16 heavy (non-hydrogen) atoms. The Morgan fingerprint density at radius 2 is 1.75 bits per heavy atom. The number of fused-ring (bicyclic) bond motifs is 1. The van der Waals surface area contributed by atoms with Crippen molar-refractivity contribution in [1.29, 1.82) is 0 Å². The zero-order valence-corrected chi connectivity index (χ0v) is 10.2. The van der Waals surface area contributed by atoms with Gasteiger partial charge in [0, 0.05) is 0 Å². The molecule has 0 fully saturated rings. The van der Waals surface area contributed by atoms with E-state index in [1.807, 2.05) is 0 Å². The molecule has 0 aliphatic heterocycles. The molecule has 2 nitrogen and oxygen atoms in total. The molecule has 0 saturated carbocycles. The van der Waals surface area contributed by atoms with E-state index in [1.165, 1.54) is 23.1 Å². The van der Waals surface area contributed by atoms with Crippen molar-refractivity contribution in [3.05, 3.63) is 28.8 Å². The van der Waals surface area contributed by atoms with Gasteiger partial charge in [-0.15, -0.1) is 0 Å². The van der Waals surface area contributed by atoms with E-state index in [0.29, 0.717) is 0 Å². The summed E-state index contributed by atoms with van der Waals surface area (Å²) in [5, 5.41) is 0. The zero-order chi connectivity index (χ0) is 11.5. The molecule has 1 aliphatic carbocycles. The van der Waals surface area contributed by atoms with Gasteiger partial charge in [0.05, 0.1) is 14.2 Å². The minimum absolute atomic E-state index is 0.815. The summed E-state index contributed by atoms with van der Waals surface area (Å²) in [6.07, 6.45) is 5.68. The molecule has 0 saturated heterocycles. The largest absolute Gasteiger partial charge is 0.493 e. The Morgan fingerprint density at radius 3 is 2.38 bits per heavy atom. The molecule has 1 aliphatic rings. The van der Waals surface area contributed by atoms with Gasteiger partial charge in [0.15, 0.2) is 11.5 Å². The lowest BCUT2D eigenvalue weighted by atomic mass is 9.91. The SMILES string of the molecule is CCC1=Cc2cc(OC)c(OC)cc2CC1. The highest BCUT2D eigenvalue weighted by Gasteiger charge is 2.13. The predicted octanol–water partition coefficient (Wildman–Crippen LogP) is 3.44. The number of hydrogen-bond donors (Lipinski definition) is 0. The topological polar surface area (TPSA) is 18.5 Å². The molecule has 1 aromatic carbocycles. The standard InChI is InChI=1S/C14H18O2/c1-4-10-5-6-11-8-13(15-2)14(16-3)9-12(11)7-10/h7-9H,4-6H2,1-3H3. The second kappa shape index (κ2) is 4.60. The minimum Gasteiger partial charge on any atom is -0.493 e. The third-order valence-electron chi connectivity index (χ3n) is 3.17. The first-order chi connectivity index (χ1) is 7.78. The van der Waals surface area contributed by atoms with Crippen molar-refractivity contribution >= 4 is 6.08 Å². The number of benzene rings is 1. The monoisotopic (exact) mass is 218 g/mol. The van der Waals surface area contributed by atoms with Crippen LogP contribution < -0.4 is 9.47 Å². The molecule has 0 heterocycles. The average Bonchev–Trinajstić information content (AvgIpc) is 2.36. The number of rotatable bonds is 3. The number of ether oxygens (including phenoxy) is 2. The van der Waals surface area contributed by atoms with Gasteiger partial charge in [0.1, 0.15) is 0 Å². The molecule has 1 aromatic rings. The van der Waals surface area contributed by atoms with Gasteiger partial charge < -0.3 is 9.47 Å². The van der Waals surface area contributed by atoms with Crippen molar-refractivity contribution in [2.45, 2.75) is 26.2 Å². The van der Waals surface area contributed by atoms with Crippen LogP contribution in [0, 0.1) is 0 Å². The summed E-state index contributed by atoms with van der Waals surface area (Å²) in [5.41, 5.74) is 4.15. The molecule has 0 radical (unpaired) electrons. The molecule has 0 spiro atoms. The van der Waals surface area contributed by atoms with E-state index in [0.717, 1.165) is 24.3 Å². The molecule has 0 bridgehead atoms. The van der Waals surface area contributed by atoms with E-state index in [9.17, 15) is 0 Å². The van der Waals surface area contributed by atoms with Crippen LogP contribution in [-0.2, 0) is 6.42 Å². The third-order valence-corrected chi connectivity index (χ3v) is 3.17. The highest BCUT2D eigenvalue weighted by molar-refractivity contribution is 5.64. The van der Waals surface area contributed by atoms with E-state index in [-0.39, 0.29) is 0 Å². The molecule has 0 aromatic heterocycles. The van der Waals surface area contributed by atoms with Crippen molar-refractivity contribution in [1.82, 2.24) is 0 Å². The number of aryl methyl sites for hydroxylation is 1. The lowest BCUT2D eigenvalue weighted by Gasteiger charge is -2.18. The highest BCUT2D eigenvalue weighted by Crippen LogP contribution is 2.35. The lowest BCUT2D eigenvalue weighted by Crippen LogP contribution is -2.01. The third kappa shape index (κ3) is 1.92. The fraction of sp³-hybridized carbons (Fsp3) is 0.429. The van der Waals surface area contributed by atoms with Crippen LogP contribution in [-0.4, -0.2) is 14.2 Å². The van der Waals surface area contributed by atoms with Crippen molar-refractivity contribution in [3.63, 3.8) is 0 Å². The average molecular weight is 218 g/mol. The molecule has 0 atom stereocenters. The van der Waals surface area contributed by atoms with Gasteiger partial charge in [-0.2, -0.15) is 0 Å². The maximum absolute atomic E-state index is 5.32. The molecule has 0 N–H and O–H groups in total. The summed E-state index contributed by atoms with van der Waals surface area (Å²) >= 11 is 0. The van der Waals surface area contributed by atoms with E-state index in [2.05, 4.69) is 25.1 Å². The quantitative estimate of drug-likeness (QED) is 0.773. The number of hydrogen-bond acceptors (Lipinski definition) is 2. The summed E-state index contributed by atoms with van der Waals surface area (Å²) in [7, 11) is 3.36. The molecule has 2 heteroatoms. The van der Waals surface area contributed by atoms with Gasteiger partial charge in [-0.25, -0.2) is 0 Å². The molecule has 0 unspecified atom stereocenters. The predicted molar refractivity (Wildman–Crippen MR) is 66.1 cm³/mol. The van der Waals surface area contributed by atoms with Gasteiger partial charge in [-0.05, 0) is 42.5 Å². The molecular weight excluding hydrogens is 200 g/mol. The molecule has 2 rings (SSSR count). The van der Waals surface area contributed by atoms with Crippen LogP contribution in [0.1, 0.15) is 30.9 Å². The van der Waals surface area contributed by atoms with Gasteiger partial charge in [-0.1, -0.05) is 18.6 Å². The Kier molecular flexibility index (Phi) is 3.18. The van der Waals surface area contributed by atoms with Crippen LogP contribution in [0.4, 0.5) is 0 Å². The van der Waals surface area contributed by atoms with E-state index < -0.39 is 0 Å². The van der Waals surface area contributed by atoms with Crippen molar-refractivity contribution < 1.29 is 9.47 Å². The first kappa shape index (κ1) is 11.1. The molecular formula is C14H18O2. The fourth-order valence-electron chi connectivity index (χ4n) is 2.15. The second-order valence-corrected chi connectivity index (χ2v) is 4.06. The molecule has 86 valence electrons. The van der Waals surface area contributed by atoms with Crippen molar-refractivity contribution in [2.24, 2.45) is 0 Å². The summed E-state index contributed by atoms with van der Waals surface area (Å²) in [6.45, 7) is 2.21. The van der Waals surface area contributed by atoms with Crippen molar-refractivity contribution in [3.8, 4) is 11.5 Å². The normalized spacial score (nSPS) is 14.1. The maximum atomic E-state index is 5.32. The van der Waals surface area contributed by atoms with Crippen LogP contribution in [0.3, 0.4) is 0 Å². The second-order valence-electron chi connectivity index (χ2n) is 4.06. The Morgan fingerprint density at radius 1 is 1.06 bits per heavy atom. The summed E-state index contributed by atoms with van der Waals surface area (Å²) in [4.78, 5) is 0. The fourth-order valence-corrected chi connectivity index (χ4v) is 2.15. The summed E-state index contributed by atoms with van der Waals surface area (Å²) in [5.74, 6) is 1.64. The van der Waals surface area contributed by atoms with Crippen LogP contribution in [0.5, 0.6) is 11.5 Å². The lowest BCUT2D eigenvalue weighted by molar-refractivity contribution is 0.354. The van der Waals surface area contributed by atoms with Crippen LogP contribution >= 0.6 is 0 Å². The minimum atomic E-state index is 0.815. The van der Waals surface area contributed by atoms with Crippen molar-refractivity contribution in [2.75, 3.05) is 14.2 Å². The van der Waals surface area contributed by atoms with Gasteiger partial charge in [0.2, 0.25) is 0 Å². The smallest absolute Gasteiger partial charge is 0.161 e. The summed E-state index contributed by atoms with van der Waals surface area (Å²) < 4.78 is 10.6. The number of methoxy groups -OCH3 is 2. The highest BCUT2D eigenvalue weighted by atomic mass is 16.5. The molecule has 0 amide bonds. The number of allylic oxidation sites excluding steroid dienone is 1. The Hall–Kier alpha value is -1.44. The van der Waals surface area contributed by atoms with Crippen LogP contribution in [0.2, 0.25) is 0 Å². The Balaban J connectivity index is 2.46. The van der Waals surface area contributed by atoms with E-state index in [1.54, 1.807) is 14.2 Å². The van der Waals surface area contributed by atoms with Crippen LogP contribution in [0.15, 0.2) is 17.7 Å². The summed E-state index contributed by atoms with van der Waals surface area (Å²) in [6, 6.07) is 4.17.